The van der Waals surface area contributed by atoms with Crippen LogP contribution in [0, 0.1) is 6.92 Å². The molecule has 0 saturated carbocycles. The molecule has 0 spiro atoms. The fraction of sp³-hybridized carbons (Fsp3) is 0.100. The third kappa shape index (κ3) is 3.95. The van der Waals surface area contributed by atoms with Crippen LogP contribution in [0.4, 0.5) is 5.69 Å². The van der Waals surface area contributed by atoms with Crippen LogP contribution in [-0.4, -0.2) is 19.2 Å². The molecule has 0 saturated heterocycles. The molecule has 1 N–H and O–H groups in total. The summed E-state index contributed by atoms with van der Waals surface area (Å²) in [5, 5.41) is 8.75. The number of hydrogen-bond acceptors (Lipinski definition) is 4. The lowest BCUT2D eigenvalue weighted by Crippen LogP contribution is -2.12. The second kappa shape index (κ2) is 7.77. The highest BCUT2D eigenvalue weighted by atomic mass is 32.1. The quantitative estimate of drug-likeness (QED) is 0.522. The van der Waals surface area contributed by atoms with Crippen LogP contribution in [0.25, 0.3) is 11.1 Å². The van der Waals surface area contributed by atoms with E-state index in [2.05, 4.69) is 10.5 Å². The van der Waals surface area contributed by atoms with Crippen LogP contribution in [-0.2, 0) is 4.84 Å². The number of thiophene rings is 1. The van der Waals surface area contributed by atoms with E-state index in [1.165, 1.54) is 7.11 Å². The Kier molecular flexibility index (Phi) is 5.26. The van der Waals surface area contributed by atoms with Crippen LogP contribution >= 0.6 is 11.3 Å². The van der Waals surface area contributed by atoms with Gasteiger partial charge in [-0.05, 0) is 41.6 Å². The number of hydrogen-bond donors (Lipinski definition) is 1. The standard InChI is InChI=1S/C20H18N2O2S/c1-14-17(10-11-25-14)20(23)22-19-9-4-3-8-18(19)16-7-5-6-15(12-16)13-21-24-2/h3-13H,1-2H3,(H,22,23)/b21-13+. The van der Waals surface area contributed by atoms with Gasteiger partial charge in [0.15, 0.2) is 0 Å². The molecule has 0 aliphatic rings. The van der Waals surface area contributed by atoms with Gasteiger partial charge in [-0.3, -0.25) is 4.79 Å². The second-order valence-electron chi connectivity index (χ2n) is 5.43. The molecule has 5 heteroatoms. The molecule has 1 aromatic heterocycles. The van der Waals surface area contributed by atoms with Crippen molar-refractivity contribution in [1.82, 2.24) is 0 Å². The highest BCUT2D eigenvalue weighted by molar-refractivity contribution is 7.10. The van der Waals surface area contributed by atoms with Crippen molar-refractivity contribution in [2.75, 3.05) is 12.4 Å². The summed E-state index contributed by atoms with van der Waals surface area (Å²) in [5.41, 5.74) is 4.36. The summed E-state index contributed by atoms with van der Waals surface area (Å²) in [6.45, 7) is 1.95. The van der Waals surface area contributed by atoms with Gasteiger partial charge in [0.1, 0.15) is 7.11 Å². The summed E-state index contributed by atoms with van der Waals surface area (Å²) in [6, 6.07) is 17.5. The zero-order chi connectivity index (χ0) is 17.6. The van der Waals surface area contributed by atoms with Crippen molar-refractivity contribution >= 4 is 29.1 Å². The Bertz CT molecular complexity index is 915. The smallest absolute Gasteiger partial charge is 0.256 e. The molecule has 0 unspecified atom stereocenters. The van der Waals surface area contributed by atoms with Gasteiger partial charge in [-0.1, -0.05) is 41.6 Å². The molecular formula is C20H18N2O2S. The van der Waals surface area contributed by atoms with E-state index >= 15 is 0 Å². The van der Waals surface area contributed by atoms with Crippen molar-refractivity contribution in [3.05, 3.63) is 76.0 Å². The number of benzene rings is 2. The van der Waals surface area contributed by atoms with Gasteiger partial charge < -0.3 is 10.2 Å². The number of carbonyl (C=O) groups is 1. The van der Waals surface area contributed by atoms with Gasteiger partial charge in [-0.25, -0.2) is 0 Å². The van der Waals surface area contributed by atoms with Crippen molar-refractivity contribution in [3.63, 3.8) is 0 Å². The molecule has 25 heavy (non-hydrogen) atoms. The molecule has 1 amide bonds. The summed E-state index contributed by atoms with van der Waals surface area (Å²) in [5.74, 6) is -0.0942. The second-order valence-corrected chi connectivity index (χ2v) is 6.55. The Morgan fingerprint density at radius 3 is 2.76 bits per heavy atom. The average molecular weight is 350 g/mol. The fourth-order valence-corrected chi connectivity index (χ4v) is 3.25. The highest BCUT2D eigenvalue weighted by Gasteiger charge is 2.13. The van der Waals surface area contributed by atoms with Crippen molar-refractivity contribution in [3.8, 4) is 11.1 Å². The lowest BCUT2D eigenvalue weighted by atomic mass is 10.0. The Labute approximate surface area is 150 Å². The van der Waals surface area contributed by atoms with Crippen LogP contribution in [0.3, 0.4) is 0 Å². The first-order chi connectivity index (χ1) is 12.2. The molecule has 0 atom stereocenters. The predicted octanol–water partition coefficient (Wildman–Crippen LogP) is 4.96. The predicted molar refractivity (Wildman–Crippen MR) is 103 cm³/mol. The van der Waals surface area contributed by atoms with E-state index in [4.69, 9.17) is 4.84 Å². The molecule has 4 nitrogen and oxygen atoms in total. The monoisotopic (exact) mass is 350 g/mol. The molecule has 0 fully saturated rings. The number of aryl methyl sites for hydroxylation is 1. The molecule has 2 aromatic carbocycles. The number of oxime groups is 1. The van der Waals surface area contributed by atoms with Crippen LogP contribution in [0.1, 0.15) is 20.8 Å². The van der Waals surface area contributed by atoms with Gasteiger partial charge >= 0.3 is 0 Å². The maximum atomic E-state index is 12.5. The Balaban J connectivity index is 1.93. The number of amides is 1. The van der Waals surface area contributed by atoms with Crippen LogP contribution in [0.15, 0.2) is 65.1 Å². The molecule has 3 rings (SSSR count). The van der Waals surface area contributed by atoms with E-state index in [1.54, 1.807) is 17.6 Å². The summed E-state index contributed by atoms with van der Waals surface area (Å²) in [6.07, 6.45) is 1.65. The van der Waals surface area contributed by atoms with E-state index in [9.17, 15) is 4.79 Å². The van der Waals surface area contributed by atoms with Crippen LogP contribution in [0.2, 0.25) is 0 Å². The van der Waals surface area contributed by atoms with Gasteiger partial charge in [0.25, 0.3) is 5.91 Å². The average Bonchev–Trinajstić information content (AvgIpc) is 3.07. The lowest BCUT2D eigenvalue weighted by Gasteiger charge is -2.12. The minimum absolute atomic E-state index is 0.0942. The third-order valence-corrected chi connectivity index (χ3v) is 4.63. The maximum Gasteiger partial charge on any atom is 0.256 e. The van der Waals surface area contributed by atoms with Crippen LogP contribution < -0.4 is 5.32 Å². The van der Waals surface area contributed by atoms with Crippen molar-refractivity contribution in [1.29, 1.82) is 0 Å². The molecular weight excluding hydrogens is 332 g/mol. The lowest BCUT2D eigenvalue weighted by molar-refractivity contribution is 0.102. The minimum atomic E-state index is -0.0942. The zero-order valence-electron chi connectivity index (χ0n) is 14.0. The Morgan fingerprint density at radius 2 is 2.00 bits per heavy atom. The summed E-state index contributed by atoms with van der Waals surface area (Å²) in [7, 11) is 1.51. The van der Waals surface area contributed by atoms with Crippen LogP contribution in [0.5, 0.6) is 0 Å². The number of nitrogens with one attached hydrogen (secondary N) is 1. The first kappa shape index (κ1) is 16.9. The van der Waals surface area contributed by atoms with Crippen molar-refractivity contribution in [2.24, 2.45) is 5.16 Å². The van der Waals surface area contributed by atoms with E-state index in [1.807, 2.05) is 66.9 Å². The normalized spacial score (nSPS) is 10.8. The van der Waals surface area contributed by atoms with Gasteiger partial charge in [0, 0.05) is 16.1 Å². The highest BCUT2D eigenvalue weighted by Crippen LogP contribution is 2.29. The largest absolute Gasteiger partial charge is 0.399 e. The summed E-state index contributed by atoms with van der Waals surface area (Å²) < 4.78 is 0. The van der Waals surface area contributed by atoms with Crippen molar-refractivity contribution in [2.45, 2.75) is 6.92 Å². The van der Waals surface area contributed by atoms with E-state index in [0.717, 1.165) is 27.3 Å². The van der Waals surface area contributed by atoms with Gasteiger partial charge in [-0.15, -0.1) is 11.3 Å². The fourth-order valence-electron chi connectivity index (χ4n) is 2.55. The number of nitrogens with zero attached hydrogens (tertiary/aromatic N) is 1. The molecule has 0 aliphatic heterocycles. The van der Waals surface area contributed by atoms with E-state index < -0.39 is 0 Å². The van der Waals surface area contributed by atoms with Gasteiger partial charge in [0.2, 0.25) is 0 Å². The minimum Gasteiger partial charge on any atom is -0.399 e. The molecule has 126 valence electrons. The first-order valence-corrected chi connectivity index (χ1v) is 8.68. The number of para-hydroxylation sites is 1. The third-order valence-electron chi connectivity index (χ3n) is 3.78. The SMILES string of the molecule is CO/N=C/c1cccc(-c2ccccc2NC(=O)c2ccsc2C)c1. The molecule has 3 aromatic rings. The topological polar surface area (TPSA) is 50.7 Å². The molecule has 1 heterocycles. The molecule has 0 radical (unpaired) electrons. The summed E-state index contributed by atoms with van der Waals surface area (Å²) in [4.78, 5) is 18.3. The van der Waals surface area contributed by atoms with Crippen molar-refractivity contribution < 1.29 is 9.63 Å². The molecule has 0 aliphatic carbocycles. The number of carbonyl (C=O) groups excluding carboxylic acids is 1. The number of rotatable bonds is 5. The first-order valence-electron chi connectivity index (χ1n) is 7.80. The maximum absolute atomic E-state index is 12.5. The molecule has 0 bridgehead atoms. The Hall–Kier alpha value is -2.92. The van der Waals surface area contributed by atoms with Gasteiger partial charge in [0.05, 0.1) is 11.8 Å². The zero-order valence-corrected chi connectivity index (χ0v) is 14.8. The van der Waals surface area contributed by atoms with Gasteiger partial charge in [-0.2, -0.15) is 0 Å². The van der Waals surface area contributed by atoms with E-state index in [-0.39, 0.29) is 5.91 Å². The summed E-state index contributed by atoms with van der Waals surface area (Å²) >= 11 is 1.57. The Morgan fingerprint density at radius 1 is 1.16 bits per heavy atom. The number of anilines is 1. The van der Waals surface area contributed by atoms with E-state index in [0.29, 0.717) is 5.56 Å².